The number of aliphatic hydroxyl groups is 4. The summed E-state index contributed by atoms with van der Waals surface area (Å²) in [6.07, 6.45) is -2.17. The Kier molecular flexibility index (Phi) is 2.77. The van der Waals surface area contributed by atoms with Crippen molar-refractivity contribution in [2.24, 2.45) is 0 Å². The van der Waals surface area contributed by atoms with Gasteiger partial charge in [-0.15, -0.1) is 0 Å². The first-order valence-electron chi connectivity index (χ1n) is 5.07. The standard InChI is InChI=1S/C9H17NO4/c11-5-2-1-3-10-4-6(12)8(13)9(14)7(5)10/h5-9,11-14H,1-4H2/t5-,6+,7-,8+,9+/m0/s1. The molecule has 0 spiro atoms. The molecule has 0 aromatic heterocycles. The van der Waals surface area contributed by atoms with Crippen molar-refractivity contribution in [1.82, 2.24) is 4.90 Å². The first kappa shape index (κ1) is 10.3. The molecule has 2 fully saturated rings. The summed E-state index contributed by atoms with van der Waals surface area (Å²) in [6, 6.07) is -0.415. The molecule has 0 amide bonds. The molecule has 2 aliphatic heterocycles. The van der Waals surface area contributed by atoms with E-state index in [9.17, 15) is 20.4 Å². The van der Waals surface area contributed by atoms with Gasteiger partial charge < -0.3 is 20.4 Å². The molecular formula is C9H17NO4. The van der Waals surface area contributed by atoms with E-state index in [4.69, 9.17) is 0 Å². The van der Waals surface area contributed by atoms with Crippen LogP contribution in [0.4, 0.5) is 0 Å². The Bertz CT molecular complexity index is 211. The molecule has 82 valence electrons. The van der Waals surface area contributed by atoms with Crippen LogP contribution in [0.5, 0.6) is 0 Å². The fourth-order valence-corrected chi connectivity index (χ4v) is 2.50. The summed E-state index contributed by atoms with van der Waals surface area (Å²) >= 11 is 0. The minimum Gasteiger partial charge on any atom is -0.391 e. The van der Waals surface area contributed by atoms with Crippen molar-refractivity contribution in [2.75, 3.05) is 13.1 Å². The van der Waals surface area contributed by atoms with Gasteiger partial charge in [0.15, 0.2) is 0 Å². The molecule has 5 nitrogen and oxygen atoms in total. The minimum absolute atomic E-state index is 0.333. The van der Waals surface area contributed by atoms with Crippen LogP contribution in [0.25, 0.3) is 0 Å². The Morgan fingerprint density at radius 2 is 1.64 bits per heavy atom. The third-order valence-corrected chi connectivity index (χ3v) is 3.28. The molecular weight excluding hydrogens is 186 g/mol. The van der Waals surface area contributed by atoms with Gasteiger partial charge in [0, 0.05) is 6.54 Å². The summed E-state index contributed by atoms with van der Waals surface area (Å²) in [4.78, 5) is 1.86. The molecule has 0 aromatic carbocycles. The molecule has 2 heterocycles. The van der Waals surface area contributed by atoms with Crippen molar-refractivity contribution in [2.45, 2.75) is 43.3 Å². The van der Waals surface area contributed by atoms with Gasteiger partial charge in [-0.05, 0) is 19.4 Å². The second-order valence-corrected chi connectivity index (χ2v) is 4.24. The van der Waals surface area contributed by atoms with Gasteiger partial charge in [-0.25, -0.2) is 0 Å². The zero-order chi connectivity index (χ0) is 10.3. The molecule has 0 aliphatic carbocycles. The number of rotatable bonds is 0. The summed E-state index contributed by atoms with van der Waals surface area (Å²) in [5.74, 6) is 0. The first-order chi connectivity index (χ1) is 6.61. The van der Waals surface area contributed by atoms with Crippen LogP contribution in [0.15, 0.2) is 0 Å². The molecule has 0 saturated carbocycles. The molecule has 2 rings (SSSR count). The molecule has 0 radical (unpaired) electrons. The topological polar surface area (TPSA) is 84.2 Å². The van der Waals surface area contributed by atoms with Crippen LogP contribution in [0.3, 0.4) is 0 Å². The highest BCUT2D eigenvalue weighted by Gasteiger charge is 2.45. The lowest BCUT2D eigenvalue weighted by Gasteiger charge is -2.48. The van der Waals surface area contributed by atoms with Crippen molar-refractivity contribution in [3.63, 3.8) is 0 Å². The number of aliphatic hydroxyl groups excluding tert-OH is 4. The minimum atomic E-state index is -1.14. The van der Waals surface area contributed by atoms with E-state index >= 15 is 0 Å². The van der Waals surface area contributed by atoms with Crippen LogP contribution in [0.2, 0.25) is 0 Å². The average molecular weight is 203 g/mol. The SMILES string of the molecule is O[C@H]1[C@H](O)[C@H](O)CN2CCC[C@H](O)[C@@H]12. The number of piperidine rings is 2. The Morgan fingerprint density at radius 1 is 0.929 bits per heavy atom. The monoisotopic (exact) mass is 203 g/mol. The van der Waals surface area contributed by atoms with E-state index in [1.54, 1.807) is 0 Å². The van der Waals surface area contributed by atoms with E-state index in [1.807, 2.05) is 4.90 Å². The largest absolute Gasteiger partial charge is 0.391 e. The highest BCUT2D eigenvalue weighted by molar-refractivity contribution is 4.99. The fraction of sp³-hybridized carbons (Fsp3) is 1.00. The summed E-state index contributed by atoms with van der Waals surface area (Å²) in [5, 5.41) is 38.3. The van der Waals surface area contributed by atoms with Gasteiger partial charge in [-0.3, -0.25) is 4.90 Å². The third kappa shape index (κ3) is 1.55. The van der Waals surface area contributed by atoms with E-state index in [1.165, 1.54) is 0 Å². The second-order valence-electron chi connectivity index (χ2n) is 4.24. The number of hydrogen-bond acceptors (Lipinski definition) is 5. The summed E-state index contributed by atoms with van der Waals surface area (Å²) < 4.78 is 0. The normalized spacial score (nSPS) is 50.1. The van der Waals surface area contributed by atoms with Crippen molar-refractivity contribution in [1.29, 1.82) is 0 Å². The van der Waals surface area contributed by atoms with Crippen LogP contribution in [-0.4, -0.2) is 68.9 Å². The van der Waals surface area contributed by atoms with Gasteiger partial charge in [-0.1, -0.05) is 0 Å². The van der Waals surface area contributed by atoms with E-state index in [2.05, 4.69) is 0 Å². The number of hydrogen-bond donors (Lipinski definition) is 4. The van der Waals surface area contributed by atoms with E-state index in [0.29, 0.717) is 13.0 Å². The van der Waals surface area contributed by atoms with E-state index in [0.717, 1.165) is 13.0 Å². The molecule has 2 saturated heterocycles. The van der Waals surface area contributed by atoms with Crippen LogP contribution in [-0.2, 0) is 0 Å². The van der Waals surface area contributed by atoms with Crippen molar-refractivity contribution < 1.29 is 20.4 Å². The van der Waals surface area contributed by atoms with E-state index in [-0.39, 0.29) is 0 Å². The molecule has 4 N–H and O–H groups in total. The Labute approximate surface area is 82.6 Å². The fourth-order valence-electron chi connectivity index (χ4n) is 2.50. The van der Waals surface area contributed by atoms with Crippen LogP contribution in [0.1, 0.15) is 12.8 Å². The molecule has 0 unspecified atom stereocenters. The predicted octanol–water partition coefficient (Wildman–Crippen LogP) is -2.09. The van der Waals surface area contributed by atoms with E-state index < -0.39 is 30.5 Å². The third-order valence-electron chi connectivity index (χ3n) is 3.28. The lowest BCUT2D eigenvalue weighted by molar-refractivity contribution is -0.169. The maximum absolute atomic E-state index is 9.70. The van der Waals surface area contributed by atoms with Crippen molar-refractivity contribution in [3.05, 3.63) is 0 Å². The summed E-state index contributed by atoms with van der Waals surface area (Å²) in [5.41, 5.74) is 0. The first-order valence-corrected chi connectivity index (χ1v) is 5.07. The number of fused-ring (bicyclic) bond motifs is 1. The molecule has 0 bridgehead atoms. The molecule has 14 heavy (non-hydrogen) atoms. The highest BCUT2D eigenvalue weighted by atomic mass is 16.4. The molecule has 0 aromatic rings. The maximum atomic E-state index is 9.70. The van der Waals surface area contributed by atoms with Gasteiger partial charge >= 0.3 is 0 Å². The Morgan fingerprint density at radius 3 is 2.36 bits per heavy atom. The maximum Gasteiger partial charge on any atom is 0.109 e. The predicted molar refractivity (Wildman–Crippen MR) is 48.6 cm³/mol. The molecule has 5 atom stereocenters. The van der Waals surface area contributed by atoms with Crippen LogP contribution >= 0.6 is 0 Å². The zero-order valence-electron chi connectivity index (χ0n) is 7.95. The quantitative estimate of drug-likeness (QED) is 0.363. The number of nitrogens with zero attached hydrogens (tertiary/aromatic N) is 1. The average Bonchev–Trinajstić information content (AvgIpc) is 2.14. The van der Waals surface area contributed by atoms with Gasteiger partial charge in [-0.2, -0.15) is 0 Å². The van der Waals surface area contributed by atoms with Crippen LogP contribution in [0, 0.1) is 0 Å². The molecule has 5 heteroatoms. The highest BCUT2D eigenvalue weighted by Crippen LogP contribution is 2.27. The van der Waals surface area contributed by atoms with Gasteiger partial charge in [0.05, 0.1) is 18.2 Å². The van der Waals surface area contributed by atoms with Crippen molar-refractivity contribution in [3.8, 4) is 0 Å². The second kappa shape index (κ2) is 3.75. The van der Waals surface area contributed by atoms with Gasteiger partial charge in [0.1, 0.15) is 12.2 Å². The van der Waals surface area contributed by atoms with Gasteiger partial charge in [0.2, 0.25) is 0 Å². The zero-order valence-corrected chi connectivity index (χ0v) is 7.95. The Hall–Kier alpha value is -0.200. The lowest BCUT2D eigenvalue weighted by Crippen LogP contribution is -2.66. The summed E-state index contributed by atoms with van der Waals surface area (Å²) in [7, 11) is 0. The smallest absolute Gasteiger partial charge is 0.109 e. The van der Waals surface area contributed by atoms with Crippen molar-refractivity contribution >= 4 is 0 Å². The lowest BCUT2D eigenvalue weighted by atomic mass is 9.86. The summed E-state index contributed by atoms with van der Waals surface area (Å²) in [6.45, 7) is 1.10. The Balaban J connectivity index is 2.14. The van der Waals surface area contributed by atoms with Gasteiger partial charge in [0.25, 0.3) is 0 Å². The molecule has 2 aliphatic rings. The van der Waals surface area contributed by atoms with Crippen LogP contribution < -0.4 is 0 Å².